The predicted molar refractivity (Wildman–Crippen MR) is 99.2 cm³/mol. The zero-order valence-electron chi connectivity index (χ0n) is 12.7. The summed E-state index contributed by atoms with van der Waals surface area (Å²) >= 11 is 3.46. The first kappa shape index (κ1) is 16.1. The number of ether oxygens (including phenoxy) is 1. The van der Waals surface area contributed by atoms with Crippen molar-refractivity contribution < 1.29 is 9.53 Å². The third-order valence-electron chi connectivity index (χ3n) is 3.33. The Labute approximate surface area is 148 Å². The van der Waals surface area contributed by atoms with Crippen molar-refractivity contribution in [1.29, 1.82) is 0 Å². The zero-order chi connectivity index (χ0) is 16.8. The molecule has 3 aromatic carbocycles. The fourth-order valence-electron chi connectivity index (χ4n) is 2.14. The molecule has 0 aliphatic heterocycles. The number of aliphatic imine (C=N–C) groups is 1. The topological polar surface area (TPSA) is 38.7 Å². The summed E-state index contributed by atoms with van der Waals surface area (Å²) in [6.07, 6.45) is 1.67. The molecule has 3 nitrogen and oxygen atoms in total. The van der Waals surface area contributed by atoms with Crippen molar-refractivity contribution in [2.45, 2.75) is 0 Å². The molecule has 0 N–H and O–H groups in total. The van der Waals surface area contributed by atoms with Crippen LogP contribution in [0.3, 0.4) is 0 Å². The van der Waals surface area contributed by atoms with Gasteiger partial charge in [-0.3, -0.25) is 4.99 Å². The molecular formula is C20H14BrNO2. The van der Waals surface area contributed by atoms with E-state index in [1.807, 2.05) is 54.6 Å². The fourth-order valence-corrected chi connectivity index (χ4v) is 2.53. The van der Waals surface area contributed by atoms with Crippen molar-refractivity contribution in [3.8, 4) is 5.75 Å². The van der Waals surface area contributed by atoms with Crippen molar-refractivity contribution in [1.82, 2.24) is 0 Å². The third kappa shape index (κ3) is 3.97. The van der Waals surface area contributed by atoms with Gasteiger partial charge in [-0.1, -0.05) is 48.5 Å². The van der Waals surface area contributed by atoms with Crippen molar-refractivity contribution in [2.75, 3.05) is 0 Å². The van der Waals surface area contributed by atoms with Crippen molar-refractivity contribution in [2.24, 2.45) is 4.99 Å². The Balaban J connectivity index is 1.85. The predicted octanol–water partition coefficient (Wildman–Crippen LogP) is 5.42. The highest BCUT2D eigenvalue weighted by Gasteiger charge is 2.12. The number of benzene rings is 3. The average Bonchev–Trinajstić information content (AvgIpc) is 2.62. The Morgan fingerprint density at radius 3 is 2.33 bits per heavy atom. The monoisotopic (exact) mass is 379 g/mol. The van der Waals surface area contributed by atoms with Crippen molar-refractivity contribution >= 4 is 33.8 Å². The van der Waals surface area contributed by atoms with Crippen LogP contribution < -0.4 is 4.74 Å². The number of para-hydroxylation sites is 2. The summed E-state index contributed by atoms with van der Waals surface area (Å²) in [5, 5.41) is 0. The minimum absolute atomic E-state index is 0.407. The first-order valence-electron chi connectivity index (χ1n) is 7.39. The van der Waals surface area contributed by atoms with Gasteiger partial charge < -0.3 is 4.74 Å². The molecule has 0 bridgehead atoms. The van der Waals surface area contributed by atoms with E-state index in [9.17, 15) is 4.79 Å². The normalized spacial score (nSPS) is 10.7. The smallest absolute Gasteiger partial charge is 0.344 e. The quantitative estimate of drug-likeness (QED) is 0.344. The number of esters is 1. The average molecular weight is 380 g/mol. The summed E-state index contributed by atoms with van der Waals surface area (Å²) < 4.78 is 6.30. The van der Waals surface area contributed by atoms with Crippen LogP contribution in [0.5, 0.6) is 5.75 Å². The Bertz CT molecular complexity index is 876. The molecule has 0 heterocycles. The Morgan fingerprint density at radius 1 is 0.875 bits per heavy atom. The molecule has 4 heteroatoms. The van der Waals surface area contributed by atoms with Gasteiger partial charge in [0.15, 0.2) is 0 Å². The first-order chi connectivity index (χ1) is 11.7. The maximum absolute atomic E-state index is 12.4. The van der Waals surface area contributed by atoms with Gasteiger partial charge in [0.1, 0.15) is 5.75 Å². The van der Waals surface area contributed by atoms with E-state index in [0.29, 0.717) is 16.9 Å². The van der Waals surface area contributed by atoms with Gasteiger partial charge in [0.2, 0.25) is 0 Å². The van der Waals surface area contributed by atoms with E-state index < -0.39 is 5.97 Å². The number of halogens is 1. The summed E-state index contributed by atoms with van der Waals surface area (Å²) in [6.45, 7) is 0. The molecule has 118 valence electrons. The van der Waals surface area contributed by atoms with Crippen LogP contribution in [0.4, 0.5) is 5.69 Å². The van der Waals surface area contributed by atoms with Crippen LogP contribution in [0.25, 0.3) is 0 Å². The molecular weight excluding hydrogens is 366 g/mol. The van der Waals surface area contributed by atoms with E-state index in [1.54, 1.807) is 30.5 Å². The number of carbonyl (C=O) groups is 1. The molecule has 0 amide bonds. The van der Waals surface area contributed by atoms with E-state index in [2.05, 4.69) is 20.9 Å². The molecule has 0 radical (unpaired) electrons. The number of rotatable bonds is 4. The summed E-state index contributed by atoms with van der Waals surface area (Å²) in [6, 6.07) is 23.9. The highest BCUT2D eigenvalue weighted by Crippen LogP contribution is 2.24. The summed E-state index contributed by atoms with van der Waals surface area (Å²) in [5.41, 5.74) is 1.97. The van der Waals surface area contributed by atoms with Gasteiger partial charge in [0.05, 0.1) is 11.3 Å². The minimum Gasteiger partial charge on any atom is -0.423 e. The van der Waals surface area contributed by atoms with Crippen LogP contribution in [-0.2, 0) is 0 Å². The highest BCUT2D eigenvalue weighted by atomic mass is 79.9. The van der Waals surface area contributed by atoms with Gasteiger partial charge in [-0.25, -0.2) is 4.79 Å². The number of nitrogens with zero attached hydrogens (tertiary/aromatic N) is 1. The second-order valence-electron chi connectivity index (χ2n) is 5.00. The van der Waals surface area contributed by atoms with E-state index in [4.69, 9.17) is 4.74 Å². The molecule has 0 saturated carbocycles. The summed E-state index contributed by atoms with van der Waals surface area (Å²) in [7, 11) is 0. The van der Waals surface area contributed by atoms with Crippen molar-refractivity contribution in [3.05, 3.63) is 94.5 Å². The van der Waals surface area contributed by atoms with E-state index in [0.717, 1.165) is 10.2 Å². The van der Waals surface area contributed by atoms with Gasteiger partial charge in [0.25, 0.3) is 0 Å². The van der Waals surface area contributed by atoms with Gasteiger partial charge in [-0.2, -0.15) is 0 Å². The maximum atomic E-state index is 12.4. The van der Waals surface area contributed by atoms with Gasteiger partial charge in [-0.05, 0) is 46.3 Å². The molecule has 0 saturated heterocycles. The molecule has 0 unspecified atom stereocenters. The second-order valence-corrected chi connectivity index (χ2v) is 5.85. The maximum Gasteiger partial charge on any atom is 0.344 e. The summed E-state index contributed by atoms with van der Waals surface area (Å²) in [4.78, 5) is 16.9. The lowest BCUT2D eigenvalue weighted by atomic mass is 10.1. The van der Waals surface area contributed by atoms with E-state index >= 15 is 0 Å². The van der Waals surface area contributed by atoms with Crippen LogP contribution in [0.1, 0.15) is 15.9 Å². The lowest BCUT2D eigenvalue weighted by Crippen LogP contribution is -2.11. The van der Waals surface area contributed by atoms with Gasteiger partial charge in [0, 0.05) is 16.3 Å². The van der Waals surface area contributed by atoms with Crippen LogP contribution >= 0.6 is 15.9 Å². The fraction of sp³-hybridized carbons (Fsp3) is 0. The Morgan fingerprint density at radius 2 is 1.54 bits per heavy atom. The standard InChI is InChI=1S/C20H14BrNO2/c21-18-12-6-7-13-19(18)22-14-15-8-4-5-11-17(15)20(23)24-16-9-2-1-3-10-16/h1-14H. The lowest BCUT2D eigenvalue weighted by molar-refractivity contribution is 0.0734. The van der Waals surface area contributed by atoms with Gasteiger partial charge >= 0.3 is 5.97 Å². The molecule has 0 aliphatic rings. The third-order valence-corrected chi connectivity index (χ3v) is 4.00. The van der Waals surface area contributed by atoms with Crippen LogP contribution in [0.2, 0.25) is 0 Å². The number of carbonyl (C=O) groups excluding carboxylic acids is 1. The SMILES string of the molecule is O=C(Oc1ccccc1)c1ccccc1C=Nc1ccccc1Br. The lowest BCUT2D eigenvalue weighted by Gasteiger charge is -2.06. The van der Waals surface area contributed by atoms with E-state index in [-0.39, 0.29) is 0 Å². The van der Waals surface area contributed by atoms with Crippen molar-refractivity contribution in [3.63, 3.8) is 0 Å². The van der Waals surface area contributed by atoms with Crippen LogP contribution in [-0.4, -0.2) is 12.2 Å². The first-order valence-corrected chi connectivity index (χ1v) is 8.18. The number of hydrogen-bond acceptors (Lipinski definition) is 3. The minimum atomic E-state index is -0.407. The molecule has 3 rings (SSSR count). The molecule has 0 aromatic heterocycles. The second kappa shape index (κ2) is 7.70. The molecule has 0 aliphatic carbocycles. The van der Waals surface area contributed by atoms with Crippen LogP contribution in [0.15, 0.2) is 88.3 Å². The molecule has 3 aromatic rings. The molecule has 0 spiro atoms. The summed E-state index contributed by atoms with van der Waals surface area (Å²) in [5.74, 6) is 0.107. The van der Waals surface area contributed by atoms with Gasteiger partial charge in [-0.15, -0.1) is 0 Å². The van der Waals surface area contributed by atoms with Crippen LogP contribution in [0, 0.1) is 0 Å². The molecule has 0 atom stereocenters. The Kier molecular flexibility index (Phi) is 5.18. The largest absolute Gasteiger partial charge is 0.423 e. The highest BCUT2D eigenvalue weighted by molar-refractivity contribution is 9.10. The molecule has 24 heavy (non-hydrogen) atoms. The zero-order valence-corrected chi connectivity index (χ0v) is 14.3. The Hall–Kier alpha value is -2.72. The number of hydrogen-bond donors (Lipinski definition) is 0. The van der Waals surface area contributed by atoms with E-state index in [1.165, 1.54) is 0 Å². The molecule has 0 fully saturated rings.